The Morgan fingerprint density at radius 1 is 1.56 bits per heavy atom. The van der Waals surface area contributed by atoms with Gasteiger partial charge in [0.15, 0.2) is 0 Å². The summed E-state index contributed by atoms with van der Waals surface area (Å²) in [6.07, 6.45) is 0.881. The van der Waals surface area contributed by atoms with Gasteiger partial charge in [0.25, 0.3) is 0 Å². The van der Waals surface area contributed by atoms with Crippen molar-refractivity contribution < 1.29 is 9.78 Å². The summed E-state index contributed by atoms with van der Waals surface area (Å²) >= 11 is 0. The molecule has 0 saturated carbocycles. The van der Waals surface area contributed by atoms with E-state index in [-0.39, 0.29) is 5.92 Å². The highest BCUT2D eigenvalue weighted by molar-refractivity contribution is 4.61. The number of hydrogen-bond donors (Lipinski definition) is 0. The Bertz CT molecular complexity index is 90.2. The van der Waals surface area contributed by atoms with E-state index in [2.05, 4.69) is 15.0 Å². The first-order valence-corrected chi connectivity index (χ1v) is 2.97. The Hall–Kier alpha value is -0.480. The highest BCUT2D eigenvalue weighted by atomic mass is 17.2. The largest absolute Gasteiger partial charge is 0.237 e. The van der Waals surface area contributed by atoms with Gasteiger partial charge in [0.05, 0.1) is 19.8 Å². The maximum absolute atomic E-state index is 9.73. The number of nitroso groups, excluding NO2 is 1. The van der Waals surface area contributed by atoms with E-state index in [0.29, 0.717) is 19.8 Å². The fraction of sp³-hybridized carbons (Fsp3) is 1.00. The molecule has 1 atom stereocenters. The minimum Gasteiger partial charge on any atom is -0.237 e. The van der Waals surface area contributed by atoms with Crippen LogP contribution in [0.25, 0.3) is 0 Å². The van der Waals surface area contributed by atoms with Crippen LogP contribution >= 0.6 is 0 Å². The third kappa shape index (κ3) is 2.07. The van der Waals surface area contributed by atoms with E-state index in [9.17, 15) is 4.91 Å². The van der Waals surface area contributed by atoms with E-state index >= 15 is 0 Å². The van der Waals surface area contributed by atoms with Gasteiger partial charge < -0.3 is 0 Å². The van der Waals surface area contributed by atoms with Gasteiger partial charge in [-0.05, 0) is 6.42 Å². The maximum atomic E-state index is 9.73. The lowest BCUT2D eigenvalue weighted by Crippen LogP contribution is -2.21. The third-order valence-electron chi connectivity index (χ3n) is 1.33. The standard InChI is InChI=1S/C5H9NO3/c7-6-3-5-1-2-8-9-4-5/h5H,1-4H2. The Labute approximate surface area is 53.0 Å². The third-order valence-corrected chi connectivity index (χ3v) is 1.33. The summed E-state index contributed by atoms with van der Waals surface area (Å²) in [4.78, 5) is 19.0. The summed E-state index contributed by atoms with van der Waals surface area (Å²) < 4.78 is 0. The van der Waals surface area contributed by atoms with Crippen LogP contribution in [0.3, 0.4) is 0 Å². The lowest BCUT2D eigenvalue weighted by molar-refractivity contribution is -0.323. The van der Waals surface area contributed by atoms with E-state index in [1.807, 2.05) is 0 Å². The maximum Gasteiger partial charge on any atom is 0.0870 e. The van der Waals surface area contributed by atoms with Gasteiger partial charge >= 0.3 is 0 Å². The molecule has 0 aromatic heterocycles. The summed E-state index contributed by atoms with van der Waals surface area (Å²) in [5, 5.41) is 2.77. The van der Waals surface area contributed by atoms with E-state index in [4.69, 9.17) is 0 Å². The van der Waals surface area contributed by atoms with Gasteiger partial charge in [0.2, 0.25) is 0 Å². The van der Waals surface area contributed by atoms with Crippen molar-refractivity contribution in [1.29, 1.82) is 0 Å². The molecule has 0 spiro atoms. The Morgan fingerprint density at radius 2 is 2.44 bits per heavy atom. The molecule has 4 heteroatoms. The van der Waals surface area contributed by atoms with Crippen LogP contribution in [0.15, 0.2) is 5.18 Å². The van der Waals surface area contributed by atoms with Gasteiger partial charge in [-0.3, -0.25) is 0 Å². The average molecular weight is 131 g/mol. The molecule has 0 radical (unpaired) electrons. The molecule has 0 bridgehead atoms. The van der Waals surface area contributed by atoms with Gasteiger partial charge in [-0.1, -0.05) is 5.18 Å². The molecule has 1 aliphatic rings. The van der Waals surface area contributed by atoms with Gasteiger partial charge in [-0.15, -0.1) is 0 Å². The lowest BCUT2D eigenvalue weighted by Gasteiger charge is -2.17. The fourth-order valence-corrected chi connectivity index (χ4v) is 0.751. The second kappa shape index (κ2) is 3.53. The lowest BCUT2D eigenvalue weighted by atomic mass is 10.1. The molecule has 0 amide bonds. The molecule has 1 rings (SSSR count). The number of hydrogen-bond acceptors (Lipinski definition) is 4. The van der Waals surface area contributed by atoms with Crippen LogP contribution in [-0.2, 0) is 9.78 Å². The topological polar surface area (TPSA) is 47.9 Å². The summed E-state index contributed by atoms with van der Waals surface area (Å²) in [5.74, 6) is 0.274. The second-order valence-electron chi connectivity index (χ2n) is 2.07. The van der Waals surface area contributed by atoms with Crippen LogP contribution < -0.4 is 0 Å². The van der Waals surface area contributed by atoms with Crippen molar-refractivity contribution in [3.05, 3.63) is 4.91 Å². The molecule has 4 nitrogen and oxygen atoms in total. The van der Waals surface area contributed by atoms with Crippen LogP contribution in [0.1, 0.15) is 6.42 Å². The molecule has 0 aromatic carbocycles. The fourth-order valence-electron chi connectivity index (χ4n) is 0.751. The van der Waals surface area contributed by atoms with Crippen molar-refractivity contribution in [3.63, 3.8) is 0 Å². The quantitative estimate of drug-likeness (QED) is 0.410. The molecule has 1 heterocycles. The van der Waals surface area contributed by atoms with Crippen LogP contribution in [0, 0.1) is 10.8 Å². The molecule has 1 saturated heterocycles. The van der Waals surface area contributed by atoms with Crippen molar-refractivity contribution in [1.82, 2.24) is 0 Å². The molecule has 1 unspecified atom stereocenters. The number of nitrogens with zero attached hydrogens (tertiary/aromatic N) is 1. The Morgan fingerprint density at radius 3 is 3.00 bits per heavy atom. The molecule has 52 valence electrons. The summed E-state index contributed by atoms with van der Waals surface area (Å²) in [6.45, 7) is 1.44. The van der Waals surface area contributed by atoms with Crippen molar-refractivity contribution >= 4 is 0 Å². The predicted octanol–water partition coefficient (Wildman–Crippen LogP) is 0.721. The average Bonchev–Trinajstić information content (AvgIpc) is 1.91. The molecule has 0 aliphatic carbocycles. The van der Waals surface area contributed by atoms with Crippen molar-refractivity contribution in [2.45, 2.75) is 6.42 Å². The van der Waals surface area contributed by atoms with E-state index in [1.165, 1.54) is 0 Å². The molecule has 0 N–H and O–H groups in total. The zero-order valence-electron chi connectivity index (χ0n) is 5.08. The zero-order chi connectivity index (χ0) is 6.53. The molecule has 0 aromatic rings. The van der Waals surface area contributed by atoms with Gasteiger partial charge in [0.1, 0.15) is 0 Å². The number of rotatable bonds is 2. The van der Waals surface area contributed by atoms with E-state index in [1.54, 1.807) is 0 Å². The van der Waals surface area contributed by atoms with E-state index in [0.717, 1.165) is 6.42 Å². The first kappa shape index (κ1) is 6.64. The van der Waals surface area contributed by atoms with Crippen LogP contribution in [0.2, 0.25) is 0 Å². The SMILES string of the molecule is O=NCC1CCOOC1. The molecular formula is C5H9NO3. The monoisotopic (exact) mass is 131 g/mol. The van der Waals surface area contributed by atoms with Crippen molar-refractivity contribution in [2.75, 3.05) is 19.8 Å². The van der Waals surface area contributed by atoms with Crippen molar-refractivity contribution in [2.24, 2.45) is 11.1 Å². The predicted molar refractivity (Wildman–Crippen MR) is 30.7 cm³/mol. The smallest absolute Gasteiger partial charge is 0.0870 e. The summed E-state index contributed by atoms with van der Waals surface area (Å²) in [5.41, 5.74) is 0. The zero-order valence-corrected chi connectivity index (χ0v) is 5.08. The summed E-state index contributed by atoms with van der Waals surface area (Å²) in [6, 6.07) is 0. The Kier molecular flexibility index (Phi) is 2.60. The van der Waals surface area contributed by atoms with Crippen molar-refractivity contribution in [3.8, 4) is 0 Å². The summed E-state index contributed by atoms with van der Waals surface area (Å²) in [7, 11) is 0. The van der Waals surface area contributed by atoms with E-state index < -0.39 is 0 Å². The highest BCUT2D eigenvalue weighted by Gasteiger charge is 2.14. The minimum atomic E-state index is 0.274. The first-order valence-electron chi connectivity index (χ1n) is 2.97. The first-order chi connectivity index (χ1) is 4.43. The van der Waals surface area contributed by atoms with Crippen LogP contribution in [0.4, 0.5) is 0 Å². The normalized spacial score (nSPS) is 27.8. The highest BCUT2D eigenvalue weighted by Crippen LogP contribution is 2.09. The molecule has 9 heavy (non-hydrogen) atoms. The van der Waals surface area contributed by atoms with Gasteiger partial charge in [-0.2, -0.15) is 4.91 Å². The minimum absolute atomic E-state index is 0.274. The molecule has 1 fully saturated rings. The molecular weight excluding hydrogens is 122 g/mol. The van der Waals surface area contributed by atoms with Crippen LogP contribution in [0.5, 0.6) is 0 Å². The van der Waals surface area contributed by atoms with Gasteiger partial charge in [0, 0.05) is 5.92 Å². The Balaban J connectivity index is 2.15. The second-order valence-corrected chi connectivity index (χ2v) is 2.07. The molecule has 1 aliphatic heterocycles. The van der Waals surface area contributed by atoms with Gasteiger partial charge in [-0.25, -0.2) is 9.78 Å². The van der Waals surface area contributed by atoms with Crippen LogP contribution in [-0.4, -0.2) is 19.8 Å².